The highest BCUT2D eigenvalue weighted by atomic mass is 35.5. The zero-order valence-corrected chi connectivity index (χ0v) is 15.4. The van der Waals surface area contributed by atoms with Gasteiger partial charge in [-0.15, -0.1) is 0 Å². The largest absolute Gasteiger partial charge is 0.485 e. The van der Waals surface area contributed by atoms with Crippen LogP contribution in [0.15, 0.2) is 60.8 Å². The third-order valence-corrected chi connectivity index (χ3v) is 4.20. The van der Waals surface area contributed by atoms with Crippen molar-refractivity contribution in [3.05, 3.63) is 82.8 Å². The Kier molecular flexibility index (Phi) is 5.57. The van der Waals surface area contributed by atoms with Crippen LogP contribution >= 0.6 is 11.6 Å². The molecule has 0 aliphatic heterocycles. The van der Waals surface area contributed by atoms with E-state index in [2.05, 4.69) is 4.98 Å². The number of guanidine groups is 1. The first-order valence-electron chi connectivity index (χ1n) is 8.19. The zero-order chi connectivity index (χ0) is 19.4. The van der Waals surface area contributed by atoms with E-state index in [0.29, 0.717) is 33.4 Å². The highest BCUT2D eigenvalue weighted by Gasteiger charge is 2.19. The van der Waals surface area contributed by atoms with Gasteiger partial charge in [-0.3, -0.25) is 10.3 Å². The Balaban J connectivity index is 1.93. The van der Waals surface area contributed by atoms with E-state index >= 15 is 0 Å². The lowest BCUT2D eigenvalue weighted by atomic mass is 10.1. The summed E-state index contributed by atoms with van der Waals surface area (Å²) in [5, 5.41) is 8.52. The van der Waals surface area contributed by atoms with Gasteiger partial charge in [0.05, 0.1) is 5.69 Å². The van der Waals surface area contributed by atoms with E-state index in [4.69, 9.17) is 27.5 Å². The van der Waals surface area contributed by atoms with Gasteiger partial charge in [0.1, 0.15) is 12.4 Å². The van der Waals surface area contributed by atoms with Gasteiger partial charge in [-0.1, -0.05) is 29.8 Å². The van der Waals surface area contributed by atoms with Crippen molar-refractivity contribution in [3.63, 3.8) is 0 Å². The number of aromatic nitrogens is 1. The fraction of sp³-hybridized carbons (Fsp3) is 0.100. The number of nitrogens with one attached hydrogen (secondary N) is 1. The van der Waals surface area contributed by atoms with E-state index in [9.17, 15) is 4.39 Å². The van der Waals surface area contributed by atoms with Crippen molar-refractivity contribution in [2.45, 2.75) is 13.5 Å². The van der Waals surface area contributed by atoms with Crippen LogP contribution in [-0.4, -0.2) is 10.9 Å². The molecule has 0 radical (unpaired) electrons. The van der Waals surface area contributed by atoms with Gasteiger partial charge in [-0.05, 0) is 48.9 Å². The summed E-state index contributed by atoms with van der Waals surface area (Å²) in [6, 6.07) is 15.4. The minimum absolute atomic E-state index is 0.0264. The minimum atomic E-state index is -0.302. The first-order valence-corrected chi connectivity index (χ1v) is 8.56. The minimum Gasteiger partial charge on any atom is -0.485 e. The van der Waals surface area contributed by atoms with Crippen LogP contribution in [0.3, 0.4) is 0 Å². The number of ether oxygens (including phenoxy) is 1. The van der Waals surface area contributed by atoms with Gasteiger partial charge in [0.25, 0.3) is 0 Å². The second-order valence-corrected chi connectivity index (χ2v) is 6.30. The lowest BCUT2D eigenvalue weighted by molar-refractivity contribution is 0.299. The molecule has 0 spiro atoms. The molecule has 3 N–H and O–H groups in total. The van der Waals surface area contributed by atoms with Gasteiger partial charge in [0, 0.05) is 16.8 Å². The normalized spacial score (nSPS) is 10.5. The maximum Gasteiger partial charge on any atom is 0.198 e. The number of hydrogen-bond donors (Lipinski definition) is 2. The van der Waals surface area contributed by atoms with Crippen LogP contribution in [0.25, 0.3) is 0 Å². The summed E-state index contributed by atoms with van der Waals surface area (Å²) >= 11 is 5.94. The molecule has 3 aromatic rings. The molecule has 0 aliphatic rings. The lowest BCUT2D eigenvalue weighted by Crippen LogP contribution is -2.33. The number of pyridine rings is 1. The quantitative estimate of drug-likeness (QED) is 0.489. The Morgan fingerprint density at radius 1 is 1.19 bits per heavy atom. The highest BCUT2D eigenvalue weighted by molar-refractivity contribution is 6.30. The van der Waals surface area contributed by atoms with E-state index in [-0.39, 0.29) is 18.4 Å². The number of hydrogen-bond acceptors (Lipinski definition) is 3. The number of nitrogens with two attached hydrogens (primary N) is 1. The number of nitrogens with zero attached hydrogens (tertiary/aromatic N) is 2. The molecule has 0 amide bonds. The number of rotatable bonds is 5. The lowest BCUT2D eigenvalue weighted by Gasteiger charge is -2.24. The van der Waals surface area contributed by atoms with E-state index in [0.717, 1.165) is 0 Å². The summed E-state index contributed by atoms with van der Waals surface area (Å²) in [7, 11) is 0. The van der Waals surface area contributed by atoms with Gasteiger partial charge >= 0.3 is 0 Å². The summed E-state index contributed by atoms with van der Waals surface area (Å²) in [5.41, 5.74) is 7.37. The Morgan fingerprint density at radius 3 is 2.63 bits per heavy atom. The summed E-state index contributed by atoms with van der Waals surface area (Å²) in [5.74, 6) is 0.176. The molecular formula is C20H18ClFN4O. The molecule has 0 unspecified atom stereocenters. The first kappa shape index (κ1) is 18.7. The van der Waals surface area contributed by atoms with E-state index in [1.165, 1.54) is 4.90 Å². The molecule has 0 saturated carbocycles. The second-order valence-electron chi connectivity index (χ2n) is 5.86. The van der Waals surface area contributed by atoms with E-state index in [1.54, 1.807) is 67.7 Å². The van der Waals surface area contributed by atoms with Crippen LogP contribution in [-0.2, 0) is 6.61 Å². The summed E-state index contributed by atoms with van der Waals surface area (Å²) in [4.78, 5) is 5.73. The molecule has 0 aliphatic carbocycles. The Bertz CT molecular complexity index is 962. The molecule has 0 bridgehead atoms. The summed E-state index contributed by atoms with van der Waals surface area (Å²) < 4.78 is 20.0. The molecular weight excluding hydrogens is 367 g/mol. The van der Waals surface area contributed by atoms with Gasteiger partial charge in [-0.2, -0.15) is 0 Å². The zero-order valence-electron chi connectivity index (χ0n) is 14.6. The van der Waals surface area contributed by atoms with Gasteiger partial charge in [0.2, 0.25) is 0 Å². The fourth-order valence-corrected chi connectivity index (χ4v) is 2.73. The number of anilines is 2. The molecule has 138 valence electrons. The monoisotopic (exact) mass is 384 g/mol. The van der Waals surface area contributed by atoms with Crippen molar-refractivity contribution < 1.29 is 9.13 Å². The number of aryl methyl sites for hydroxylation is 1. The highest BCUT2D eigenvalue weighted by Crippen LogP contribution is 2.32. The van der Waals surface area contributed by atoms with Crippen LogP contribution < -0.4 is 15.4 Å². The van der Waals surface area contributed by atoms with Crippen LogP contribution in [0.4, 0.5) is 15.9 Å². The SMILES string of the molecule is Cc1cccc(COc2cccnc2N(C(=N)N)c2ccc(Cl)cc2)c1F. The smallest absolute Gasteiger partial charge is 0.198 e. The topological polar surface area (TPSA) is 75.2 Å². The average molecular weight is 385 g/mol. The van der Waals surface area contributed by atoms with E-state index < -0.39 is 0 Å². The molecule has 1 aromatic heterocycles. The Labute approximate surface area is 161 Å². The van der Waals surface area contributed by atoms with Crippen molar-refractivity contribution in [2.75, 3.05) is 4.90 Å². The maximum atomic E-state index is 14.2. The van der Waals surface area contributed by atoms with Gasteiger partial charge < -0.3 is 10.5 Å². The molecule has 3 rings (SSSR count). The predicted octanol–water partition coefficient (Wildman–Crippen LogP) is 4.79. The number of benzene rings is 2. The van der Waals surface area contributed by atoms with Crippen LogP contribution in [0, 0.1) is 18.2 Å². The third-order valence-electron chi connectivity index (χ3n) is 3.94. The standard InChI is InChI=1S/C20H18ClFN4O/c1-13-4-2-5-14(18(13)22)12-27-17-6-3-11-25-19(17)26(20(23)24)16-9-7-15(21)8-10-16/h2-11H,12H2,1H3,(H3,23,24). The molecule has 2 aromatic carbocycles. The van der Waals surface area contributed by atoms with Crippen molar-refractivity contribution in [1.29, 1.82) is 5.41 Å². The third kappa shape index (κ3) is 4.17. The van der Waals surface area contributed by atoms with Crippen molar-refractivity contribution in [3.8, 4) is 5.75 Å². The molecule has 1 heterocycles. The molecule has 0 atom stereocenters. The second kappa shape index (κ2) is 8.05. The van der Waals surface area contributed by atoms with Crippen molar-refractivity contribution in [1.82, 2.24) is 4.98 Å². The first-order chi connectivity index (χ1) is 13.0. The van der Waals surface area contributed by atoms with Crippen molar-refractivity contribution in [2.24, 2.45) is 5.73 Å². The molecule has 7 heteroatoms. The van der Waals surface area contributed by atoms with Crippen LogP contribution in [0.5, 0.6) is 5.75 Å². The van der Waals surface area contributed by atoms with Crippen LogP contribution in [0.2, 0.25) is 5.02 Å². The van der Waals surface area contributed by atoms with Gasteiger partial charge in [0.15, 0.2) is 17.5 Å². The maximum absolute atomic E-state index is 14.2. The molecule has 0 fully saturated rings. The molecule has 27 heavy (non-hydrogen) atoms. The number of halogens is 2. The Hall–Kier alpha value is -3.12. The molecule has 0 saturated heterocycles. The van der Waals surface area contributed by atoms with Gasteiger partial charge in [-0.25, -0.2) is 9.37 Å². The van der Waals surface area contributed by atoms with Crippen molar-refractivity contribution >= 4 is 29.1 Å². The summed E-state index contributed by atoms with van der Waals surface area (Å²) in [6.07, 6.45) is 1.57. The average Bonchev–Trinajstić information content (AvgIpc) is 2.65. The predicted molar refractivity (Wildman–Crippen MR) is 105 cm³/mol. The fourth-order valence-electron chi connectivity index (χ4n) is 2.60. The van der Waals surface area contributed by atoms with E-state index in [1.807, 2.05) is 0 Å². The molecule has 5 nitrogen and oxygen atoms in total. The summed E-state index contributed by atoms with van der Waals surface area (Å²) in [6.45, 7) is 1.73. The Morgan fingerprint density at radius 2 is 1.93 bits per heavy atom. The van der Waals surface area contributed by atoms with Crippen LogP contribution in [0.1, 0.15) is 11.1 Å².